The summed E-state index contributed by atoms with van der Waals surface area (Å²) in [6.45, 7) is 25.6. The molecular weight excluding hydrogens is 496 g/mol. The van der Waals surface area contributed by atoms with Crippen LogP contribution in [0, 0.1) is 13.8 Å². The van der Waals surface area contributed by atoms with Crippen molar-refractivity contribution in [2.24, 2.45) is 14.1 Å². The molecule has 0 saturated heterocycles. The SMILES string of the molecule is Cc1ccccc1C(C)(C)c1cc(C(C)(C)C)cc(C(C)(c2ccccc2C)c2cc(C(C)(C)C)cc[n+]2C)[n+]1C. The summed E-state index contributed by atoms with van der Waals surface area (Å²) in [6.07, 6.45) is 2.25. The lowest BCUT2D eigenvalue weighted by atomic mass is 9.70. The topological polar surface area (TPSA) is 7.76 Å². The molecule has 0 aliphatic heterocycles. The van der Waals surface area contributed by atoms with Gasteiger partial charge in [-0.05, 0) is 78.8 Å². The van der Waals surface area contributed by atoms with Crippen molar-refractivity contribution in [3.63, 3.8) is 0 Å². The Hall–Kier alpha value is -3.26. The second-order valence-corrected chi connectivity index (χ2v) is 14.9. The predicted molar refractivity (Wildman–Crippen MR) is 173 cm³/mol. The molecule has 0 N–H and O–H groups in total. The van der Waals surface area contributed by atoms with E-state index in [1.807, 2.05) is 0 Å². The third-order valence-electron chi connectivity index (χ3n) is 9.36. The van der Waals surface area contributed by atoms with Gasteiger partial charge in [0.2, 0.25) is 11.4 Å². The lowest BCUT2D eigenvalue weighted by Crippen LogP contribution is -2.53. The van der Waals surface area contributed by atoms with Crippen molar-refractivity contribution in [1.82, 2.24) is 0 Å². The summed E-state index contributed by atoms with van der Waals surface area (Å²) in [5.41, 5.74) is 11.4. The Labute approximate surface area is 250 Å². The summed E-state index contributed by atoms with van der Waals surface area (Å²) in [6, 6.07) is 27.4. The molecule has 2 aromatic heterocycles. The largest absolute Gasteiger partial charge is 0.204 e. The Kier molecular flexibility index (Phi) is 7.89. The minimum Gasteiger partial charge on any atom is -0.204 e. The van der Waals surface area contributed by atoms with E-state index in [0.29, 0.717) is 0 Å². The molecule has 1 atom stereocenters. The van der Waals surface area contributed by atoms with Gasteiger partial charge in [0.25, 0.3) is 0 Å². The Bertz CT molecular complexity index is 1580. The van der Waals surface area contributed by atoms with E-state index in [2.05, 4.69) is 178 Å². The van der Waals surface area contributed by atoms with Crippen LogP contribution in [0.3, 0.4) is 0 Å². The maximum Gasteiger partial charge on any atom is 0.202 e. The quantitative estimate of drug-likeness (QED) is 0.222. The van der Waals surface area contributed by atoms with Crippen molar-refractivity contribution in [3.8, 4) is 0 Å². The van der Waals surface area contributed by atoms with Gasteiger partial charge >= 0.3 is 0 Å². The Morgan fingerprint density at radius 2 is 0.976 bits per heavy atom. The van der Waals surface area contributed by atoms with Gasteiger partial charge in [-0.25, -0.2) is 9.13 Å². The molecule has 2 nitrogen and oxygen atoms in total. The van der Waals surface area contributed by atoms with Crippen molar-refractivity contribution in [3.05, 3.63) is 129 Å². The highest BCUT2D eigenvalue weighted by Crippen LogP contribution is 2.42. The van der Waals surface area contributed by atoms with Crippen molar-refractivity contribution >= 4 is 0 Å². The zero-order valence-corrected chi connectivity index (χ0v) is 27.9. The number of rotatable bonds is 5. The zero-order valence-electron chi connectivity index (χ0n) is 27.9. The third kappa shape index (κ3) is 5.51. The van der Waals surface area contributed by atoms with Crippen LogP contribution in [0.5, 0.6) is 0 Å². The third-order valence-corrected chi connectivity index (χ3v) is 9.36. The molecule has 2 heteroatoms. The van der Waals surface area contributed by atoms with Crippen molar-refractivity contribution in [2.45, 2.75) is 97.8 Å². The van der Waals surface area contributed by atoms with Crippen LogP contribution in [0.1, 0.15) is 113 Å². The van der Waals surface area contributed by atoms with E-state index < -0.39 is 5.41 Å². The van der Waals surface area contributed by atoms with Crippen LogP contribution in [-0.4, -0.2) is 0 Å². The van der Waals surface area contributed by atoms with Gasteiger partial charge in [-0.2, -0.15) is 0 Å². The highest BCUT2D eigenvalue weighted by atomic mass is 15.0. The molecule has 0 bridgehead atoms. The van der Waals surface area contributed by atoms with Crippen molar-refractivity contribution in [2.75, 3.05) is 0 Å². The van der Waals surface area contributed by atoms with Crippen LogP contribution in [0.15, 0.2) is 79.0 Å². The van der Waals surface area contributed by atoms with Gasteiger partial charge in [0.1, 0.15) is 14.1 Å². The van der Waals surface area contributed by atoms with E-state index in [1.54, 1.807) is 0 Å². The van der Waals surface area contributed by atoms with Crippen LogP contribution in [0.4, 0.5) is 0 Å². The Morgan fingerprint density at radius 1 is 0.512 bits per heavy atom. The standard InChI is InChI=1S/C39H52N2/c1-27-18-14-16-20-31(27)38(9,10)33-25-30(37(6,7)8)26-35(41(33)13)39(11,32-21-17-15-19-28(32)2)34-24-29(36(3,4)5)22-23-40(34)12/h14-26H,1-13H3/q+2. The summed E-state index contributed by atoms with van der Waals surface area (Å²) in [5, 5.41) is 0. The molecule has 2 aromatic carbocycles. The Balaban J connectivity index is 2.19. The van der Waals surface area contributed by atoms with Crippen LogP contribution >= 0.6 is 0 Å². The first-order valence-electron chi connectivity index (χ1n) is 15.1. The summed E-state index contributed by atoms with van der Waals surface area (Å²) < 4.78 is 4.83. The van der Waals surface area contributed by atoms with Gasteiger partial charge in [-0.15, -0.1) is 0 Å². The molecule has 0 aliphatic carbocycles. The lowest BCUT2D eigenvalue weighted by Gasteiger charge is -2.33. The minimum absolute atomic E-state index is 0.0122. The summed E-state index contributed by atoms with van der Waals surface area (Å²) in [5.74, 6) is 0. The molecule has 4 rings (SSSR count). The molecule has 0 saturated carbocycles. The van der Waals surface area contributed by atoms with Gasteiger partial charge in [-0.1, -0.05) is 90.1 Å². The monoisotopic (exact) mass is 548 g/mol. The van der Waals surface area contributed by atoms with Crippen molar-refractivity contribution in [1.29, 1.82) is 0 Å². The van der Waals surface area contributed by atoms with Gasteiger partial charge in [-0.3, -0.25) is 0 Å². The van der Waals surface area contributed by atoms with E-state index in [0.717, 1.165) is 0 Å². The molecule has 0 radical (unpaired) electrons. The number of pyridine rings is 2. The number of hydrogen-bond donors (Lipinski definition) is 0. The summed E-state index contributed by atoms with van der Waals surface area (Å²) >= 11 is 0. The molecule has 0 fully saturated rings. The number of nitrogens with zero attached hydrogens (tertiary/aromatic N) is 2. The molecule has 1 unspecified atom stereocenters. The zero-order chi connectivity index (χ0) is 30.5. The fraction of sp³-hybridized carbons (Fsp3) is 0.436. The first kappa shape index (κ1) is 30.7. The number of benzene rings is 2. The smallest absolute Gasteiger partial charge is 0.202 e. The molecule has 0 aliphatic rings. The number of aromatic nitrogens is 2. The normalized spacial score (nSPS) is 14.2. The van der Waals surface area contributed by atoms with E-state index in [1.165, 1.54) is 50.5 Å². The fourth-order valence-corrected chi connectivity index (χ4v) is 6.66. The average Bonchev–Trinajstić information content (AvgIpc) is 2.87. The van der Waals surface area contributed by atoms with Crippen LogP contribution in [0.2, 0.25) is 0 Å². The average molecular weight is 549 g/mol. The maximum atomic E-state index is 2.50. The van der Waals surface area contributed by atoms with Crippen LogP contribution in [0.25, 0.3) is 0 Å². The highest BCUT2D eigenvalue weighted by molar-refractivity contribution is 5.48. The van der Waals surface area contributed by atoms with Gasteiger partial charge in [0.05, 0.1) is 5.41 Å². The van der Waals surface area contributed by atoms with Gasteiger partial charge in [0.15, 0.2) is 17.3 Å². The lowest BCUT2D eigenvalue weighted by molar-refractivity contribution is -0.702. The molecule has 4 aromatic rings. The minimum atomic E-state index is -0.409. The predicted octanol–water partition coefficient (Wildman–Crippen LogP) is 8.23. The van der Waals surface area contributed by atoms with Crippen LogP contribution < -0.4 is 9.13 Å². The van der Waals surface area contributed by atoms with Crippen molar-refractivity contribution < 1.29 is 9.13 Å². The van der Waals surface area contributed by atoms with E-state index in [9.17, 15) is 0 Å². The molecule has 0 amide bonds. The van der Waals surface area contributed by atoms with E-state index in [4.69, 9.17) is 0 Å². The number of hydrogen-bond acceptors (Lipinski definition) is 0. The molecular formula is C39H52N2+2. The summed E-state index contributed by atoms with van der Waals surface area (Å²) in [4.78, 5) is 0. The molecule has 41 heavy (non-hydrogen) atoms. The first-order valence-corrected chi connectivity index (χ1v) is 15.1. The van der Waals surface area contributed by atoms with E-state index >= 15 is 0 Å². The van der Waals surface area contributed by atoms with Crippen LogP contribution in [-0.2, 0) is 35.8 Å². The van der Waals surface area contributed by atoms with E-state index in [-0.39, 0.29) is 16.2 Å². The molecule has 2 heterocycles. The summed E-state index contributed by atoms with van der Waals surface area (Å²) in [7, 11) is 4.48. The van der Waals surface area contributed by atoms with Gasteiger partial charge < -0.3 is 0 Å². The highest BCUT2D eigenvalue weighted by Gasteiger charge is 2.48. The second-order valence-electron chi connectivity index (χ2n) is 14.9. The fourth-order valence-electron chi connectivity index (χ4n) is 6.66. The number of aryl methyl sites for hydroxylation is 3. The first-order chi connectivity index (χ1) is 18.9. The molecule has 216 valence electrons. The second kappa shape index (κ2) is 10.5. The maximum absolute atomic E-state index is 2.50. The Morgan fingerprint density at radius 3 is 1.49 bits per heavy atom. The molecule has 0 spiro atoms. The van der Waals surface area contributed by atoms with Gasteiger partial charge in [0, 0.05) is 24.3 Å².